The fourth-order valence-corrected chi connectivity index (χ4v) is 10.3. The van der Waals surface area contributed by atoms with Gasteiger partial charge in [0.05, 0.1) is 52.9 Å². The van der Waals surface area contributed by atoms with E-state index in [4.69, 9.17) is 46.9 Å². The highest BCUT2D eigenvalue weighted by atomic mass is 31.1. The highest BCUT2D eigenvalue weighted by molar-refractivity contribution is 7.69. The van der Waals surface area contributed by atoms with E-state index < -0.39 is 41.5 Å². The van der Waals surface area contributed by atoms with Crippen LogP contribution in [0, 0.1) is 0 Å². The molecule has 9 rings (SSSR count). The maximum atomic E-state index is 6.99. The summed E-state index contributed by atoms with van der Waals surface area (Å²) in [6, 6.07) is 40.9. The normalized spacial score (nSPS) is 18.7. The minimum atomic E-state index is -1.36. The molecule has 0 aromatic heterocycles. The van der Waals surface area contributed by atoms with Crippen LogP contribution < -0.4 is 30.3 Å². The maximum absolute atomic E-state index is 6.99. The van der Waals surface area contributed by atoms with Gasteiger partial charge in [0, 0.05) is 49.5 Å². The number of hydrogen-bond donors (Lipinski definition) is 0. The Bertz CT molecular complexity index is 1760. The summed E-state index contributed by atoms with van der Waals surface area (Å²) in [6.07, 6.45) is -1.61. The average Bonchev–Trinajstić information content (AvgIpc) is 4.08. The molecule has 5 aromatic rings. The lowest BCUT2D eigenvalue weighted by Gasteiger charge is -2.24. The molecule has 4 saturated heterocycles. The minimum absolute atomic E-state index is 0.403. The maximum Gasteiger partial charge on any atom is 0.184 e. The van der Waals surface area contributed by atoms with Crippen LogP contribution >= 0.6 is 16.3 Å². The fraction of sp³-hybridized carbons (Fsp3) is 0.286. The van der Waals surface area contributed by atoms with Gasteiger partial charge in [0.25, 0.3) is 0 Å². The summed E-state index contributed by atoms with van der Waals surface area (Å²) in [4.78, 5) is 0. The molecule has 0 atom stereocenters. The van der Waals surface area contributed by atoms with Crippen molar-refractivity contribution in [2.45, 2.75) is 25.2 Å². The second-order valence-electron chi connectivity index (χ2n) is 12.9. The molecule has 0 N–H and O–H groups in total. The van der Waals surface area contributed by atoms with E-state index >= 15 is 0 Å². The van der Waals surface area contributed by atoms with Crippen molar-refractivity contribution in [2.75, 3.05) is 52.9 Å². The van der Waals surface area contributed by atoms with E-state index in [1.807, 2.05) is 72.8 Å². The Hall–Kier alpha value is -3.76. The lowest BCUT2D eigenvalue weighted by Crippen LogP contribution is -2.18. The Morgan fingerprint density at radius 3 is 0.870 bits per heavy atom. The van der Waals surface area contributed by atoms with Crippen molar-refractivity contribution in [3.8, 4) is 11.5 Å². The quantitative estimate of drug-likeness (QED) is 0.128. The molecule has 0 bridgehead atoms. The van der Waals surface area contributed by atoms with Gasteiger partial charge in [-0.25, -0.2) is 0 Å². The largest absolute Gasteiger partial charge is 0.464 e. The predicted octanol–water partition coefficient (Wildman–Crippen LogP) is 6.72. The number of rotatable bonds is 12. The van der Waals surface area contributed by atoms with E-state index in [1.165, 1.54) is 0 Å². The zero-order valence-corrected chi connectivity index (χ0v) is 31.3. The van der Waals surface area contributed by atoms with Gasteiger partial charge >= 0.3 is 0 Å². The van der Waals surface area contributed by atoms with Crippen molar-refractivity contribution < 1.29 is 46.9 Å². The second kappa shape index (κ2) is 16.9. The van der Waals surface area contributed by atoms with Crippen molar-refractivity contribution in [3.05, 3.63) is 144 Å². The molecule has 0 unspecified atom stereocenters. The molecule has 0 saturated carbocycles. The van der Waals surface area contributed by atoms with Gasteiger partial charge < -0.3 is 46.9 Å². The minimum Gasteiger partial charge on any atom is -0.464 e. The van der Waals surface area contributed by atoms with Gasteiger partial charge in [0.1, 0.15) is 11.5 Å². The van der Waals surface area contributed by atoms with E-state index in [0.717, 1.165) is 43.5 Å². The zero-order chi connectivity index (χ0) is 36.1. The first-order chi connectivity index (χ1) is 26.7. The Kier molecular flexibility index (Phi) is 11.3. The first-order valence-corrected chi connectivity index (χ1v) is 20.6. The standard InChI is InChI=1S/C42H40O10P2/c1-6-29(39-43-16-17-44-39)24-35(12-1)53(36-13-2-7-30(25-36)40-45-18-19-46-40)51-33-10-5-11-34(28-33)52-54(37-14-3-8-31(26-37)41-47-20-21-48-41)38-15-4-9-32(27-38)42-49-22-23-50-42/h1-15,24-28,39-42H,16-23H2. The molecular weight excluding hydrogens is 726 g/mol. The summed E-state index contributed by atoms with van der Waals surface area (Å²) in [7, 11) is -2.71. The summed E-state index contributed by atoms with van der Waals surface area (Å²) in [5.74, 6) is 1.35. The molecule has 10 nitrogen and oxygen atoms in total. The first kappa shape index (κ1) is 35.9. The van der Waals surface area contributed by atoms with Crippen LogP contribution in [0.2, 0.25) is 0 Å². The van der Waals surface area contributed by atoms with Crippen LogP contribution in [0.3, 0.4) is 0 Å². The summed E-state index contributed by atoms with van der Waals surface area (Å²) in [5, 5.41) is 4.06. The third-order valence-electron chi connectivity index (χ3n) is 9.19. The molecule has 0 radical (unpaired) electrons. The van der Waals surface area contributed by atoms with Gasteiger partial charge in [0.15, 0.2) is 41.5 Å². The lowest BCUT2D eigenvalue weighted by molar-refractivity contribution is -0.0442. The highest BCUT2D eigenvalue weighted by Crippen LogP contribution is 2.43. The number of ether oxygens (including phenoxy) is 8. The second-order valence-corrected chi connectivity index (χ2v) is 16.5. The van der Waals surface area contributed by atoms with Crippen LogP contribution in [-0.2, 0) is 37.9 Å². The zero-order valence-electron chi connectivity index (χ0n) is 29.5. The Morgan fingerprint density at radius 2 is 0.593 bits per heavy atom. The van der Waals surface area contributed by atoms with E-state index in [0.29, 0.717) is 64.4 Å². The van der Waals surface area contributed by atoms with Gasteiger partial charge in [-0.3, -0.25) is 0 Å². The highest BCUT2D eigenvalue weighted by Gasteiger charge is 2.27. The molecule has 4 fully saturated rings. The van der Waals surface area contributed by atoms with Gasteiger partial charge in [-0.05, 0) is 36.4 Å². The van der Waals surface area contributed by atoms with Crippen LogP contribution in [0.15, 0.2) is 121 Å². The van der Waals surface area contributed by atoms with E-state index in [-0.39, 0.29) is 0 Å². The Morgan fingerprint density at radius 1 is 0.333 bits per heavy atom. The summed E-state index contributed by atoms with van der Waals surface area (Å²) < 4.78 is 60.8. The van der Waals surface area contributed by atoms with E-state index in [2.05, 4.69) is 48.5 Å². The summed E-state index contributed by atoms with van der Waals surface area (Å²) in [6.45, 7) is 4.54. The molecular formula is C42H40O10P2. The van der Waals surface area contributed by atoms with Crippen molar-refractivity contribution in [2.24, 2.45) is 0 Å². The molecule has 0 spiro atoms. The van der Waals surface area contributed by atoms with Crippen molar-refractivity contribution in [1.82, 2.24) is 0 Å². The van der Waals surface area contributed by atoms with Gasteiger partial charge in [0.2, 0.25) is 0 Å². The van der Waals surface area contributed by atoms with Crippen molar-refractivity contribution in [3.63, 3.8) is 0 Å². The smallest absolute Gasteiger partial charge is 0.184 e. The summed E-state index contributed by atoms with van der Waals surface area (Å²) in [5.41, 5.74) is 3.81. The van der Waals surface area contributed by atoms with Gasteiger partial charge in [-0.15, -0.1) is 0 Å². The van der Waals surface area contributed by atoms with Crippen LogP contribution in [0.5, 0.6) is 11.5 Å². The topological polar surface area (TPSA) is 92.3 Å². The molecule has 0 amide bonds. The third-order valence-corrected chi connectivity index (χ3v) is 13.0. The molecule has 278 valence electrons. The van der Waals surface area contributed by atoms with Crippen LogP contribution in [0.25, 0.3) is 0 Å². The molecule has 4 aliphatic heterocycles. The van der Waals surface area contributed by atoms with Crippen LogP contribution in [0.1, 0.15) is 47.4 Å². The molecule has 5 aromatic carbocycles. The monoisotopic (exact) mass is 766 g/mol. The van der Waals surface area contributed by atoms with E-state index in [9.17, 15) is 0 Å². The van der Waals surface area contributed by atoms with Crippen LogP contribution in [-0.4, -0.2) is 52.9 Å². The average molecular weight is 767 g/mol. The predicted molar refractivity (Wildman–Crippen MR) is 204 cm³/mol. The summed E-state index contributed by atoms with van der Waals surface area (Å²) >= 11 is 0. The Labute approximate surface area is 316 Å². The first-order valence-electron chi connectivity index (χ1n) is 18.1. The Balaban J connectivity index is 1.05. The number of hydrogen-bond acceptors (Lipinski definition) is 10. The molecule has 54 heavy (non-hydrogen) atoms. The van der Waals surface area contributed by atoms with Crippen molar-refractivity contribution in [1.29, 1.82) is 0 Å². The molecule has 4 aliphatic rings. The molecule has 0 aliphatic carbocycles. The fourth-order valence-electron chi connectivity index (χ4n) is 6.70. The lowest BCUT2D eigenvalue weighted by atomic mass is 10.2. The third kappa shape index (κ3) is 8.25. The van der Waals surface area contributed by atoms with Crippen molar-refractivity contribution >= 4 is 37.5 Å². The molecule has 4 heterocycles. The van der Waals surface area contributed by atoms with Gasteiger partial charge in [-0.1, -0.05) is 78.9 Å². The number of benzene rings is 5. The van der Waals surface area contributed by atoms with Gasteiger partial charge in [-0.2, -0.15) is 0 Å². The molecule has 12 heteroatoms. The van der Waals surface area contributed by atoms with Crippen LogP contribution in [0.4, 0.5) is 0 Å². The van der Waals surface area contributed by atoms with E-state index in [1.54, 1.807) is 0 Å². The SMILES string of the molecule is c1cc(OP(c2cccc(C3OCCO3)c2)c2cccc(C3OCCO3)c2)cc(OP(c2cccc(C3OCCO3)c2)c2cccc(C3OCCO3)c2)c1.